The van der Waals surface area contributed by atoms with Crippen molar-refractivity contribution >= 4 is 11.8 Å². The zero-order chi connectivity index (χ0) is 22.9. The minimum absolute atomic E-state index is 0.0371. The number of carbonyl (C=O) groups excluding carboxylic acids is 2. The van der Waals surface area contributed by atoms with Gasteiger partial charge in [0.05, 0.1) is 17.8 Å². The summed E-state index contributed by atoms with van der Waals surface area (Å²) in [4.78, 5) is 30.8. The predicted molar refractivity (Wildman–Crippen MR) is 125 cm³/mol. The van der Waals surface area contributed by atoms with Crippen molar-refractivity contribution in [2.45, 2.75) is 51.2 Å². The quantitative estimate of drug-likeness (QED) is 0.556. The van der Waals surface area contributed by atoms with E-state index in [0.29, 0.717) is 25.9 Å². The molecule has 0 bridgehead atoms. The normalized spacial score (nSPS) is 19.7. The number of aromatic nitrogens is 1. The minimum Gasteiger partial charge on any atom is -0.390 e. The van der Waals surface area contributed by atoms with Crippen LogP contribution in [0.15, 0.2) is 48.7 Å². The van der Waals surface area contributed by atoms with Gasteiger partial charge in [-0.15, -0.1) is 0 Å². The maximum atomic E-state index is 13.2. The maximum Gasteiger partial charge on any atom is 0.222 e. The van der Waals surface area contributed by atoms with Gasteiger partial charge >= 0.3 is 0 Å². The Bertz CT molecular complexity index is 890. The number of aliphatic hydroxyl groups is 1. The van der Waals surface area contributed by atoms with E-state index in [2.05, 4.69) is 22.4 Å². The molecule has 0 spiro atoms. The first-order valence-corrected chi connectivity index (χ1v) is 11.4. The Kier molecular flexibility index (Phi) is 8.76. The third-order valence-corrected chi connectivity index (χ3v) is 6.18. The number of aliphatic hydroxyl groups excluding tert-OH is 1. The lowest BCUT2D eigenvalue weighted by atomic mass is 10.00. The molecule has 0 aliphatic carbocycles. The number of nitrogens with one attached hydrogen (secondary N) is 1. The van der Waals surface area contributed by atoms with E-state index in [0.717, 1.165) is 36.2 Å². The van der Waals surface area contributed by atoms with Crippen molar-refractivity contribution in [2.24, 2.45) is 11.7 Å². The third kappa shape index (κ3) is 6.61. The Morgan fingerprint density at radius 2 is 2.12 bits per heavy atom. The molecular weight excluding hydrogens is 404 g/mol. The zero-order valence-corrected chi connectivity index (χ0v) is 18.7. The maximum absolute atomic E-state index is 13.2. The molecule has 0 radical (unpaired) electrons. The molecule has 1 aromatic heterocycles. The Morgan fingerprint density at radius 3 is 2.88 bits per heavy atom. The summed E-state index contributed by atoms with van der Waals surface area (Å²) >= 11 is 0. The van der Waals surface area contributed by atoms with Crippen LogP contribution in [0.25, 0.3) is 11.3 Å². The van der Waals surface area contributed by atoms with E-state index in [9.17, 15) is 14.7 Å². The first-order chi connectivity index (χ1) is 15.5. The minimum atomic E-state index is -0.616. The smallest absolute Gasteiger partial charge is 0.222 e. The van der Waals surface area contributed by atoms with Gasteiger partial charge in [-0.2, -0.15) is 0 Å². The van der Waals surface area contributed by atoms with Gasteiger partial charge in [-0.1, -0.05) is 31.2 Å². The highest BCUT2D eigenvalue weighted by Crippen LogP contribution is 2.21. The molecule has 2 amide bonds. The molecule has 3 atom stereocenters. The summed E-state index contributed by atoms with van der Waals surface area (Å²) in [7, 11) is 0. The lowest BCUT2D eigenvalue weighted by Gasteiger charge is -2.34. The van der Waals surface area contributed by atoms with E-state index in [1.165, 1.54) is 0 Å². The highest BCUT2D eigenvalue weighted by molar-refractivity contribution is 5.79. The average Bonchev–Trinajstić information content (AvgIpc) is 3.02. The van der Waals surface area contributed by atoms with Crippen molar-refractivity contribution in [1.82, 2.24) is 15.2 Å². The van der Waals surface area contributed by atoms with E-state index in [1.54, 1.807) is 13.1 Å². The van der Waals surface area contributed by atoms with Gasteiger partial charge in [-0.25, -0.2) is 0 Å². The Hall–Kier alpha value is -2.77. The first kappa shape index (κ1) is 23.9. The summed E-state index contributed by atoms with van der Waals surface area (Å²) < 4.78 is 0. The number of nitrogens with zero attached hydrogens (tertiary/aromatic N) is 2. The number of rotatable bonds is 9. The highest BCUT2D eigenvalue weighted by atomic mass is 16.3. The van der Waals surface area contributed by atoms with Crippen molar-refractivity contribution in [3.63, 3.8) is 0 Å². The second-order valence-electron chi connectivity index (χ2n) is 8.58. The molecule has 2 aromatic rings. The Morgan fingerprint density at radius 1 is 1.28 bits per heavy atom. The van der Waals surface area contributed by atoms with Crippen LogP contribution < -0.4 is 11.1 Å². The average molecular weight is 439 g/mol. The molecule has 7 heteroatoms. The predicted octanol–water partition coefficient (Wildman–Crippen LogP) is 2.13. The number of β-amino-alcohol motifs (C(OH)–C–C–N with tert-alkyl or cyclic N) is 1. The molecule has 1 fully saturated rings. The van der Waals surface area contributed by atoms with Gasteiger partial charge in [0.25, 0.3) is 0 Å². The van der Waals surface area contributed by atoms with Crippen molar-refractivity contribution in [3.05, 3.63) is 54.2 Å². The molecule has 1 aromatic carbocycles. The van der Waals surface area contributed by atoms with Crippen LogP contribution in [0.3, 0.4) is 0 Å². The van der Waals surface area contributed by atoms with Gasteiger partial charge in [0.15, 0.2) is 0 Å². The molecule has 2 heterocycles. The molecule has 0 saturated carbocycles. The Labute approximate surface area is 190 Å². The van der Waals surface area contributed by atoms with Crippen LogP contribution in [0.4, 0.5) is 0 Å². The number of carbonyl (C=O) groups is 2. The van der Waals surface area contributed by atoms with Crippen LogP contribution in [-0.2, 0) is 16.0 Å². The number of nitrogens with two attached hydrogens (primary N) is 1. The summed E-state index contributed by atoms with van der Waals surface area (Å²) in [6.45, 7) is 3.56. The first-order valence-electron chi connectivity index (χ1n) is 11.4. The lowest BCUT2D eigenvalue weighted by molar-refractivity contribution is -0.136. The van der Waals surface area contributed by atoms with Crippen LogP contribution in [0.2, 0.25) is 0 Å². The molecular formula is C25H34N4O3. The van der Waals surface area contributed by atoms with Crippen LogP contribution in [-0.4, -0.2) is 58.6 Å². The van der Waals surface area contributed by atoms with Gasteiger partial charge in [-0.05, 0) is 56.0 Å². The molecule has 1 aliphatic rings. The monoisotopic (exact) mass is 438 g/mol. The second kappa shape index (κ2) is 11.7. The van der Waals surface area contributed by atoms with Crippen LogP contribution >= 0.6 is 0 Å². The Balaban J connectivity index is 1.73. The van der Waals surface area contributed by atoms with Gasteiger partial charge in [0.2, 0.25) is 11.8 Å². The molecule has 172 valence electrons. The van der Waals surface area contributed by atoms with E-state index in [-0.39, 0.29) is 24.3 Å². The number of primary amides is 1. The molecule has 7 nitrogen and oxygen atoms in total. The fourth-order valence-electron chi connectivity index (χ4n) is 4.15. The van der Waals surface area contributed by atoms with Gasteiger partial charge in [0, 0.05) is 37.2 Å². The van der Waals surface area contributed by atoms with Crippen molar-refractivity contribution < 1.29 is 14.7 Å². The second-order valence-corrected chi connectivity index (χ2v) is 8.58. The topological polar surface area (TPSA) is 109 Å². The van der Waals surface area contributed by atoms with Crippen molar-refractivity contribution in [2.75, 3.05) is 19.6 Å². The summed E-state index contributed by atoms with van der Waals surface area (Å²) in [5.74, 6) is -0.782. The van der Waals surface area contributed by atoms with E-state index >= 15 is 0 Å². The lowest BCUT2D eigenvalue weighted by Crippen LogP contribution is -2.49. The van der Waals surface area contributed by atoms with Crippen LogP contribution in [0, 0.1) is 5.92 Å². The SMILES string of the molecule is CC(CCC(=O)N(CCc1cccc(-c2ccccn2)c1)C1CCCNC[C@@H]1O)C(N)=O. The number of benzene rings is 1. The van der Waals surface area contributed by atoms with Gasteiger partial charge < -0.3 is 21.1 Å². The molecule has 4 N–H and O–H groups in total. The van der Waals surface area contributed by atoms with Crippen molar-refractivity contribution in [1.29, 1.82) is 0 Å². The summed E-state index contributed by atoms with van der Waals surface area (Å²) in [6.07, 6.45) is 4.15. The molecule has 3 rings (SSSR count). The van der Waals surface area contributed by atoms with E-state index < -0.39 is 12.0 Å². The van der Waals surface area contributed by atoms with Gasteiger partial charge in [-0.3, -0.25) is 14.6 Å². The summed E-state index contributed by atoms with van der Waals surface area (Å²) in [5, 5.41) is 13.9. The fourth-order valence-corrected chi connectivity index (χ4v) is 4.15. The fraction of sp³-hybridized carbons (Fsp3) is 0.480. The third-order valence-electron chi connectivity index (χ3n) is 6.18. The van der Waals surface area contributed by atoms with E-state index in [1.807, 2.05) is 35.2 Å². The zero-order valence-electron chi connectivity index (χ0n) is 18.7. The number of hydrogen-bond acceptors (Lipinski definition) is 5. The van der Waals surface area contributed by atoms with Crippen molar-refractivity contribution in [3.8, 4) is 11.3 Å². The van der Waals surface area contributed by atoms with Crippen LogP contribution in [0.1, 0.15) is 38.2 Å². The highest BCUT2D eigenvalue weighted by Gasteiger charge is 2.30. The molecule has 2 unspecified atom stereocenters. The number of pyridine rings is 1. The van der Waals surface area contributed by atoms with E-state index in [4.69, 9.17) is 5.73 Å². The largest absolute Gasteiger partial charge is 0.390 e. The summed E-state index contributed by atoms with van der Waals surface area (Å²) in [5.41, 5.74) is 8.42. The molecule has 1 saturated heterocycles. The number of hydrogen-bond donors (Lipinski definition) is 3. The summed E-state index contributed by atoms with van der Waals surface area (Å²) in [6, 6.07) is 13.8. The number of amides is 2. The standard InChI is InChI=1S/C25H34N4O3/c1-18(25(26)32)10-11-24(31)29(22-9-5-13-27-17-23(22)30)15-12-19-6-4-7-20(16-19)21-8-2-3-14-28-21/h2-4,6-8,14,16,18,22-23,27,30H,5,9-13,15,17H2,1H3,(H2,26,32)/t18?,22?,23-/m0/s1. The molecule has 1 aliphatic heterocycles. The van der Waals surface area contributed by atoms with Crippen LogP contribution in [0.5, 0.6) is 0 Å². The van der Waals surface area contributed by atoms with Gasteiger partial charge in [0.1, 0.15) is 0 Å². The molecule has 32 heavy (non-hydrogen) atoms.